The Morgan fingerprint density at radius 3 is 2.58 bits per heavy atom. The minimum absolute atomic E-state index is 0.00499. The lowest BCUT2D eigenvalue weighted by Gasteiger charge is -2.16. The predicted octanol–water partition coefficient (Wildman–Crippen LogP) is 2.68. The van der Waals surface area contributed by atoms with Crippen molar-refractivity contribution in [2.24, 2.45) is 5.92 Å². The fraction of sp³-hybridized carbons (Fsp3) is 0.333. The zero-order chi connectivity index (χ0) is 14.2. The van der Waals surface area contributed by atoms with Crippen LogP contribution < -0.4 is 0 Å². The molecular weight excluding hydrogens is 296 g/mol. The number of carbonyl (C=O) groups excluding carboxylic acids is 1. The van der Waals surface area contributed by atoms with Crippen LogP contribution in [0.15, 0.2) is 12.1 Å². The van der Waals surface area contributed by atoms with Gasteiger partial charge in [0.05, 0.1) is 21.5 Å². The Hall–Kier alpha value is -1.33. The number of amides is 1. The second-order valence-electron chi connectivity index (χ2n) is 4.32. The normalized spacial score (nSPS) is 18.7. The molecule has 0 aliphatic carbocycles. The van der Waals surface area contributed by atoms with Gasteiger partial charge in [0.2, 0.25) is 0 Å². The van der Waals surface area contributed by atoms with Crippen molar-refractivity contribution < 1.29 is 19.1 Å². The summed E-state index contributed by atoms with van der Waals surface area (Å²) in [5.74, 6) is -2.74. The van der Waals surface area contributed by atoms with Crippen molar-refractivity contribution in [1.29, 1.82) is 0 Å². The lowest BCUT2D eigenvalue weighted by atomic mass is 10.1. The minimum Gasteiger partial charge on any atom is -0.481 e. The maximum atomic E-state index is 13.4. The summed E-state index contributed by atoms with van der Waals surface area (Å²) >= 11 is 11.4. The number of nitrogens with zero attached hydrogens (tertiary/aromatic N) is 1. The molecule has 102 valence electrons. The van der Waals surface area contributed by atoms with Crippen molar-refractivity contribution in [2.75, 3.05) is 13.1 Å². The molecule has 1 N–H and O–H groups in total. The lowest BCUT2D eigenvalue weighted by molar-refractivity contribution is -0.141. The van der Waals surface area contributed by atoms with Crippen molar-refractivity contribution in [2.45, 2.75) is 6.42 Å². The minimum atomic E-state index is -0.941. The van der Waals surface area contributed by atoms with Gasteiger partial charge in [0.15, 0.2) is 0 Å². The zero-order valence-corrected chi connectivity index (χ0v) is 11.2. The molecule has 2 rings (SSSR count). The van der Waals surface area contributed by atoms with Gasteiger partial charge in [0.1, 0.15) is 5.82 Å². The number of carbonyl (C=O) groups is 2. The fourth-order valence-electron chi connectivity index (χ4n) is 2.00. The monoisotopic (exact) mass is 305 g/mol. The molecule has 0 unspecified atom stereocenters. The van der Waals surface area contributed by atoms with Gasteiger partial charge in [-0.2, -0.15) is 0 Å². The van der Waals surface area contributed by atoms with Crippen LogP contribution in [-0.2, 0) is 4.79 Å². The highest BCUT2D eigenvalue weighted by atomic mass is 35.5. The second-order valence-corrected chi connectivity index (χ2v) is 5.14. The van der Waals surface area contributed by atoms with Crippen molar-refractivity contribution >= 4 is 35.1 Å². The third kappa shape index (κ3) is 2.82. The molecule has 4 nitrogen and oxygen atoms in total. The molecule has 1 aromatic carbocycles. The average molecular weight is 306 g/mol. The van der Waals surface area contributed by atoms with Crippen LogP contribution in [0.3, 0.4) is 0 Å². The molecule has 0 saturated carbocycles. The smallest absolute Gasteiger partial charge is 0.308 e. The van der Waals surface area contributed by atoms with Crippen molar-refractivity contribution in [3.05, 3.63) is 33.6 Å². The van der Waals surface area contributed by atoms with Crippen LogP contribution in [-0.4, -0.2) is 35.0 Å². The van der Waals surface area contributed by atoms with Crippen LogP contribution in [0.1, 0.15) is 16.8 Å². The van der Waals surface area contributed by atoms with Crippen LogP contribution in [0.2, 0.25) is 10.0 Å². The number of aliphatic carboxylic acids is 1. The van der Waals surface area contributed by atoms with Crippen LogP contribution in [0.25, 0.3) is 0 Å². The summed E-state index contributed by atoms with van der Waals surface area (Å²) in [6.07, 6.45) is 0.384. The van der Waals surface area contributed by atoms with Crippen LogP contribution >= 0.6 is 23.2 Å². The molecule has 0 aromatic heterocycles. The Balaban J connectivity index is 2.22. The molecule has 7 heteroatoms. The van der Waals surface area contributed by atoms with Crippen LogP contribution in [0.4, 0.5) is 4.39 Å². The van der Waals surface area contributed by atoms with E-state index >= 15 is 0 Å². The molecule has 0 radical (unpaired) electrons. The van der Waals surface area contributed by atoms with Gasteiger partial charge in [-0.3, -0.25) is 9.59 Å². The van der Waals surface area contributed by atoms with Gasteiger partial charge in [-0.05, 0) is 18.6 Å². The highest BCUT2D eigenvalue weighted by Crippen LogP contribution is 2.27. The number of benzene rings is 1. The molecule has 1 amide bonds. The number of hydrogen-bond acceptors (Lipinski definition) is 2. The first kappa shape index (κ1) is 14.1. The fourth-order valence-corrected chi connectivity index (χ4v) is 2.47. The topological polar surface area (TPSA) is 57.6 Å². The predicted molar refractivity (Wildman–Crippen MR) is 68.1 cm³/mol. The highest BCUT2D eigenvalue weighted by molar-refractivity contribution is 6.36. The van der Waals surface area contributed by atoms with Crippen molar-refractivity contribution in [1.82, 2.24) is 4.90 Å². The van der Waals surface area contributed by atoms with E-state index in [4.69, 9.17) is 28.3 Å². The molecule has 1 fully saturated rings. The van der Waals surface area contributed by atoms with E-state index in [1.807, 2.05) is 0 Å². The second kappa shape index (κ2) is 5.35. The molecule has 19 heavy (non-hydrogen) atoms. The molecule has 1 saturated heterocycles. The van der Waals surface area contributed by atoms with E-state index in [1.54, 1.807) is 0 Å². The first-order valence-corrected chi connectivity index (χ1v) is 6.32. The summed E-state index contributed by atoms with van der Waals surface area (Å²) in [4.78, 5) is 24.3. The maximum Gasteiger partial charge on any atom is 0.308 e. The van der Waals surface area contributed by atoms with Gasteiger partial charge in [0.25, 0.3) is 5.91 Å². The van der Waals surface area contributed by atoms with Gasteiger partial charge in [-0.1, -0.05) is 23.2 Å². The van der Waals surface area contributed by atoms with E-state index in [0.29, 0.717) is 13.0 Å². The SMILES string of the molecule is O=C(O)[C@@H]1CCN(C(=O)c2cc(F)c(Cl)cc2Cl)C1. The lowest BCUT2D eigenvalue weighted by Crippen LogP contribution is -2.30. The summed E-state index contributed by atoms with van der Waals surface area (Å²) in [5.41, 5.74) is -0.00499. The van der Waals surface area contributed by atoms with E-state index in [1.165, 1.54) is 4.90 Å². The molecule has 1 heterocycles. The molecule has 1 aliphatic rings. The van der Waals surface area contributed by atoms with E-state index in [9.17, 15) is 14.0 Å². The van der Waals surface area contributed by atoms with E-state index in [-0.39, 0.29) is 22.2 Å². The van der Waals surface area contributed by atoms with Gasteiger partial charge < -0.3 is 10.0 Å². The summed E-state index contributed by atoms with van der Waals surface area (Å²) in [6, 6.07) is 2.14. The van der Waals surface area contributed by atoms with Gasteiger partial charge in [-0.15, -0.1) is 0 Å². The van der Waals surface area contributed by atoms with Gasteiger partial charge in [-0.25, -0.2) is 4.39 Å². The Kier molecular flexibility index (Phi) is 3.96. The Morgan fingerprint density at radius 1 is 1.32 bits per heavy atom. The molecule has 1 aromatic rings. The van der Waals surface area contributed by atoms with Crippen LogP contribution in [0.5, 0.6) is 0 Å². The molecular formula is C12H10Cl2FNO3. The van der Waals surface area contributed by atoms with Crippen LogP contribution in [0, 0.1) is 11.7 Å². The largest absolute Gasteiger partial charge is 0.481 e. The number of carboxylic acids is 1. The van der Waals surface area contributed by atoms with Gasteiger partial charge in [0, 0.05) is 13.1 Å². The highest BCUT2D eigenvalue weighted by Gasteiger charge is 2.32. The summed E-state index contributed by atoms with van der Waals surface area (Å²) in [7, 11) is 0. The van der Waals surface area contributed by atoms with E-state index in [2.05, 4.69) is 0 Å². The molecule has 0 spiro atoms. The Morgan fingerprint density at radius 2 is 2.00 bits per heavy atom. The summed E-state index contributed by atoms with van der Waals surface area (Å²) < 4.78 is 13.4. The van der Waals surface area contributed by atoms with E-state index < -0.39 is 23.6 Å². The Labute approximate surface area is 118 Å². The average Bonchev–Trinajstić information content (AvgIpc) is 2.82. The maximum absolute atomic E-state index is 13.4. The number of likely N-dealkylation sites (tertiary alicyclic amines) is 1. The number of hydrogen-bond donors (Lipinski definition) is 1. The van der Waals surface area contributed by atoms with Crippen molar-refractivity contribution in [3.63, 3.8) is 0 Å². The number of rotatable bonds is 2. The number of carboxylic acid groups (broad SMARTS) is 1. The van der Waals surface area contributed by atoms with Crippen molar-refractivity contribution in [3.8, 4) is 0 Å². The molecule has 0 bridgehead atoms. The summed E-state index contributed by atoms with van der Waals surface area (Å²) in [5, 5.41) is 8.77. The zero-order valence-electron chi connectivity index (χ0n) is 9.70. The van der Waals surface area contributed by atoms with E-state index in [0.717, 1.165) is 12.1 Å². The quantitative estimate of drug-likeness (QED) is 0.855. The third-order valence-electron chi connectivity index (χ3n) is 3.07. The molecule has 1 aliphatic heterocycles. The third-order valence-corrected chi connectivity index (χ3v) is 3.67. The first-order chi connectivity index (χ1) is 8.90. The summed E-state index contributed by atoms with van der Waals surface area (Å²) in [6.45, 7) is 0.422. The number of halogens is 3. The van der Waals surface area contributed by atoms with Gasteiger partial charge >= 0.3 is 5.97 Å². The standard InChI is InChI=1S/C12H10Cl2FNO3/c13-8-4-9(14)10(15)3-7(8)11(17)16-2-1-6(5-16)12(18)19/h3-4,6H,1-2,5H2,(H,18,19)/t6-/m1/s1. The first-order valence-electron chi connectivity index (χ1n) is 5.56. The Bertz CT molecular complexity index is 550. The molecule has 1 atom stereocenters.